The minimum atomic E-state index is 0. The lowest BCUT2D eigenvalue weighted by molar-refractivity contribution is -0.122. The van der Waals surface area contributed by atoms with Crippen molar-refractivity contribution in [2.24, 2.45) is 18.7 Å². The first-order chi connectivity index (χ1) is 9.19. The largest absolute Gasteiger partial charge is 0.353 e. The van der Waals surface area contributed by atoms with Gasteiger partial charge in [0.2, 0.25) is 5.91 Å². The maximum Gasteiger partial charge on any atom is 0.220 e. The Morgan fingerprint density at radius 2 is 2.14 bits per heavy atom. The summed E-state index contributed by atoms with van der Waals surface area (Å²) in [6.07, 6.45) is 9.70. The van der Waals surface area contributed by atoms with Crippen LogP contribution >= 0.6 is 24.8 Å². The predicted molar refractivity (Wildman–Crippen MR) is 89.0 cm³/mol. The van der Waals surface area contributed by atoms with Crippen LogP contribution in [-0.2, 0) is 18.3 Å². The summed E-state index contributed by atoms with van der Waals surface area (Å²) in [5, 5.41) is 7.25. The molecular formula is C14H26Cl2N4O. The van der Waals surface area contributed by atoms with E-state index >= 15 is 0 Å². The fourth-order valence-electron chi connectivity index (χ4n) is 2.82. The van der Waals surface area contributed by atoms with E-state index in [0.29, 0.717) is 18.9 Å². The Hall–Kier alpha value is -0.780. The fourth-order valence-corrected chi connectivity index (χ4v) is 2.82. The number of amides is 1. The third-order valence-corrected chi connectivity index (χ3v) is 3.96. The van der Waals surface area contributed by atoms with Crippen LogP contribution < -0.4 is 11.1 Å². The standard InChI is InChI=1S/C14H24N4O.2ClH/c1-18-10-11(9-16-18)6-7-14(19)17-13-5-3-2-4-12(13)8-15;;/h9-10,12-13H,2-8,15H2,1H3,(H,17,19);2*1H. The zero-order valence-corrected chi connectivity index (χ0v) is 14.1. The van der Waals surface area contributed by atoms with Crippen LogP contribution in [-0.4, -0.2) is 28.3 Å². The van der Waals surface area contributed by atoms with Crippen LogP contribution in [0.4, 0.5) is 0 Å². The van der Waals surface area contributed by atoms with Crippen molar-refractivity contribution < 1.29 is 4.79 Å². The average molecular weight is 337 g/mol. The SMILES string of the molecule is Cl.Cl.Cn1cc(CCC(=O)NC2CCCCC2CN)cn1. The van der Waals surface area contributed by atoms with Gasteiger partial charge in [-0.1, -0.05) is 12.8 Å². The number of carbonyl (C=O) groups excluding carboxylic acids is 1. The van der Waals surface area contributed by atoms with Crippen LogP contribution in [0.2, 0.25) is 0 Å². The van der Waals surface area contributed by atoms with Crippen molar-refractivity contribution in [3.05, 3.63) is 18.0 Å². The van der Waals surface area contributed by atoms with Crippen LogP contribution in [0, 0.1) is 5.92 Å². The molecule has 1 aromatic heterocycles. The molecule has 7 heteroatoms. The van der Waals surface area contributed by atoms with Gasteiger partial charge in [-0.3, -0.25) is 9.48 Å². The minimum Gasteiger partial charge on any atom is -0.353 e. The summed E-state index contributed by atoms with van der Waals surface area (Å²) in [5.74, 6) is 0.588. The summed E-state index contributed by atoms with van der Waals surface area (Å²) < 4.78 is 1.76. The molecule has 3 N–H and O–H groups in total. The molecule has 2 unspecified atom stereocenters. The first-order valence-corrected chi connectivity index (χ1v) is 7.16. The number of aryl methyl sites for hydroxylation is 2. The van der Waals surface area contributed by atoms with Gasteiger partial charge in [0.1, 0.15) is 0 Å². The molecule has 1 heterocycles. The van der Waals surface area contributed by atoms with Crippen molar-refractivity contribution in [2.75, 3.05) is 6.54 Å². The second kappa shape index (κ2) is 10.0. The van der Waals surface area contributed by atoms with Gasteiger partial charge in [0, 0.05) is 25.7 Å². The number of nitrogens with two attached hydrogens (primary N) is 1. The Kier molecular flexibility index (Phi) is 9.66. The van der Waals surface area contributed by atoms with Crippen molar-refractivity contribution in [3.63, 3.8) is 0 Å². The van der Waals surface area contributed by atoms with Crippen molar-refractivity contribution in [2.45, 2.75) is 44.6 Å². The number of nitrogens with one attached hydrogen (secondary N) is 1. The third kappa shape index (κ3) is 6.24. The van der Waals surface area contributed by atoms with Gasteiger partial charge < -0.3 is 11.1 Å². The van der Waals surface area contributed by atoms with Crippen molar-refractivity contribution in [1.82, 2.24) is 15.1 Å². The molecule has 0 aromatic carbocycles. The van der Waals surface area contributed by atoms with E-state index < -0.39 is 0 Å². The molecule has 1 aliphatic carbocycles. The topological polar surface area (TPSA) is 72.9 Å². The van der Waals surface area contributed by atoms with Crippen LogP contribution in [0.25, 0.3) is 0 Å². The number of hydrogen-bond acceptors (Lipinski definition) is 3. The highest BCUT2D eigenvalue weighted by Crippen LogP contribution is 2.23. The second-order valence-corrected chi connectivity index (χ2v) is 5.48. The molecule has 1 amide bonds. The number of hydrogen-bond donors (Lipinski definition) is 2. The van der Waals surface area contributed by atoms with Gasteiger partial charge in [0.15, 0.2) is 0 Å². The molecule has 5 nitrogen and oxygen atoms in total. The molecule has 0 radical (unpaired) electrons. The number of carbonyl (C=O) groups is 1. The lowest BCUT2D eigenvalue weighted by atomic mass is 9.84. The molecular weight excluding hydrogens is 311 g/mol. The molecule has 0 spiro atoms. The summed E-state index contributed by atoms with van der Waals surface area (Å²) in [7, 11) is 1.89. The zero-order chi connectivity index (χ0) is 13.7. The Labute approximate surface area is 138 Å². The van der Waals surface area contributed by atoms with Gasteiger partial charge in [-0.2, -0.15) is 5.10 Å². The van der Waals surface area contributed by atoms with Gasteiger partial charge in [0.05, 0.1) is 6.20 Å². The normalized spacial score (nSPS) is 21.0. The Balaban J connectivity index is 0.00000200. The predicted octanol–water partition coefficient (Wildman–Crippen LogP) is 1.83. The third-order valence-electron chi connectivity index (χ3n) is 3.96. The summed E-state index contributed by atoms with van der Waals surface area (Å²) in [6.45, 7) is 0.674. The average Bonchev–Trinajstić information content (AvgIpc) is 2.83. The van der Waals surface area contributed by atoms with E-state index in [1.807, 2.05) is 19.4 Å². The molecule has 2 atom stereocenters. The lowest BCUT2D eigenvalue weighted by Gasteiger charge is -2.31. The minimum absolute atomic E-state index is 0. The van der Waals surface area contributed by atoms with Crippen molar-refractivity contribution in [3.8, 4) is 0 Å². The molecule has 2 rings (SSSR count). The van der Waals surface area contributed by atoms with Gasteiger partial charge in [-0.25, -0.2) is 0 Å². The number of nitrogens with zero attached hydrogens (tertiary/aromatic N) is 2. The van der Waals surface area contributed by atoms with Gasteiger partial charge >= 0.3 is 0 Å². The van der Waals surface area contributed by atoms with Crippen LogP contribution in [0.1, 0.15) is 37.7 Å². The van der Waals surface area contributed by atoms with Crippen LogP contribution in [0.5, 0.6) is 0 Å². The van der Waals surface area contributed by atoms with Gasteiger partial charge in [-0.05, 0) is 37.3 Å². The molecule has 1 aliphatic rings. The van der Waals surface area contributed by atoms with E-state index in [1.165, 1.54) is 12.8 Å². The molecule has 1 saturated carbocycles. The Bertz CT molecular complexity index is 425. The first-order valence-electron chi connectivity index (χ1n) is 7.16. The van der Waals surface area contributed by atoms with Crippen LogP contribution in [0.15, 0.2) is 12.4 Å². The molecule has 21 heavy (non-hydrogen) atoms. The molecule has 1 fully saturated rings. The quantitative estimate of drug-likeness (QED) is 0.861. The maximum atomic E-state index is 12.0. The first kappa shape index (κ1) is 20.2. The van der Waals surface area contributed by atoms with E-state index in [4.69, 9.17) is 5.73 Å². The van der Waals surface area contributed by atoms with E-state index in [1.54, 1.807) is 4.68 Å². The number of aromatic nitrogens is 2. The van der Waals surface area contributed by atoms with E-state index in [0.717, 1.165) is 24.8 Å². The molecule has 0 aliphatic heterocycles. The Morgan fingerprint density at radius 1 is 1.43 bits per heavy atom. The van der Waals surface area contributed by atoms with E-state index in [-0.39, 0.29) is 36.8 Å². The highest BCUT2D eigenvalue weighted by Gasteiger charge is 2.24. The van der Waals surface area contributed by atoms with Gasteiger partial charge in [0.25, 0.3) is 0 Å². The maximum absolute atomic E-state index is 12.0. The molecule has 0 saturated heterocycles. The van der Waals surface area contributed by atoms with E-state index in [2.05, 4.69) is 10.4 Å². The second-order valence-electron chi connectivity index (χ2n) is 5.48. The summed E-state index contributed by atoms with van der Waals surface area (Å²) in [4.78, 5) is 12.0. The number of rotatable bonds is 5. The molecule has 1 aromatic rings. The highest BCUT2D eigenvalue weighted by molar-refractivity contribution is 5.85. The Morgan fingerprint density at radius 3 is 2.76 bits per heavy atom. The monoisotopic (exact) mass is 336 g/mol. The molecule has 122 valence electrons. The van der Waals surface area contributed by atoms with Crippen molar-refractivity contribution in [1.29, 1.82) is 0 Å². The smallest absolute Gasteiger partial charge is 0.220 e. The zero-order valence-electron chi connectivity index (χ0n) is 12.5. The summed E-state index contributed by atoms with van der Waals surface area (Å²) in [5.41, 5.74) is 6.88. The van der Waals surface area contributed by atoms with Crippen molar-refractivity contribution >= 4 is 30.7 Å². The van der Waals surface area contributed by atoms with Crippen LogP contribution in [0.3, 0.4) is 0 Å². The highest BCUT2D eigenvalue weighted by atomic mass is 35.5. The molecule has 0 bridgehead atoms. The summed E-state index contributed by atoms with van der Waals surface area (Å²) >= 11 is 0. The number of halogens is 2. The summed E-state index contributed by atoms with van der Waals surface area (Å²) in [6, 6.07) is 0.278. The van der Waals surface area contributed by atoms with Gasteiger partial charge in [-0.15, -0.1) is 24.8 Å². The lowest BCUT2D eigenvalue weighted by Crippen LogP contribution is -2.44. The van der Waals surface area contributed by atoms with E-state index in [9.17, 15) is 4.79 Å². The fraction of sp³-hybridized carbons (Fsp3) is 0.714.